The van der Waals surface area contributed by atoms with Crippen molar-refractivity contribution in [3.05, 3.63) is 0 Å². The molecule has 132 valence electrons. The predicted molar refractivity (Wildman–Crippen MR) is 84.8 cm³/mol. The molecule has 0 aliphatic carbocycles. The molecule has 2 atom stereocenters. The van der Waals surface area contributed by atoms with Crippen molar-refractivity contribution in [2.45, 2.75) is 46.6 Å². The zero-order valence-corrected chi connectivity index (χ0v) is 14.6. The fourth-order valence-corrected chi connectivity index (χ4v) is 2.70. The number of carbonyl (C=O) groups is 3. The number of rotatable bonds is 5. The molecule has 0 spiro atoms. The van der Waals surface area contributed by atoms with Crippen LogP contribution in [0.5, 0.6) is 0 Å². The first-order chi connectivity index (χ1) is 10.5. The molecule has 1 aliphatic heterocycles. The van der Waals surface area contributed by atoms with Gasteiger partial charge in [0.15, 0.2) is 0 Å². The average molecular weight is 328 g/mol. The van der Waals surface area contributed by atoms with Crippen molar-refractivity contribution < 1.29 is 24.2 Å². The van der Waals surface area contributed by atoms with Crippen LogP contribution >= 0.6 is 0 Å². The van der Waals surface area contributed by atoms with Crippen molar-refractivity contribution >= 4 is 17.8 Å². The smallest absolute Gasteiger partial charge is 0.313 e. The van der Waals surface area contributed by atoms with Gasteiger partial charge in [-0.2, -0.15) is 0 Å². The molecule has 0 saturated carbocycles. The quantitative estimate of drug-likeness (QED) is 0.781. The predicted octanol–water partition coefficient (Wildman–Crippen LogP) is 0.877. The number of amides is 2. The van der Waals surface area contributed by atoms with E-state index in [1.165, 1.54) is 12.0 Å². The van der Waals surface area contributed by atoms with Gasteiger partial charge in [-0.15, -0.1) is 0 Å². The largest absolute Gasteiger partial charge is 0.481 e. The van der Waals surface area contributed by atoms with E-state index in [1.54, 1.807) is 27.7 Å². The maximum Gasteiger partial charge on any atom is 0.313 e. The van der Waals surface area contributed by atoms with Gasteiger partial charge in [-0.25, -0.2) is 0 Å². The summed E-state index contributed by atoms with van der Waals surface area (Å²) in [5.74, 6) is -1.43. The molecular weight excluding hydrogens is 300 g/mol. The summed E-state index contributed by atoms with van der Waals surface area (Å²) in [6.45, 7) is 7.60. The Morgan fingerprint density at radius 3 is 2.43 bits per heavy atom. The summed E-state index contributed by atoms with van der Waals surface area (Å²) in [4.78, 5) is 37.7. The molecule has 2 amide bonds. The second-order valence-electron chi connectivity index (χ2n) is 7.33. The normalized spacial score (nSPS) is 23.3. The third-order valence-electron chi connectivity index (χ3n) is 4.16. The van der Waals surface area contributed by atoms with Crippen molar-refractivity contribution in [1.82, 2.24) is 10.2 Å². The van der Waals surface area contributed by atoms with Gasteiger partial charge in [-0.1, -0.05) is 20.8 Å². The monoisotopic (exact) mass is 328 g/mol. The molecule has 2 unspecified atom stereocenters. The summed E-state index contributed by atoms with van der Waals surface area (Å²) in [6, 6.07) is -0.686. The highest BCUT2D eigenvalue weighted by Gasteiger charge is 2.44. The number of hydrogen-bond donors (Lipinski definition) is 2. The second kappa shape index (κ2) is 7.29. The van der Waals surface area contributed by atoms with Gasteiger partial charge >= 0.3 is 5.97 Å². The minimum Gasteiger partial charge on any atom is -0.481 e. The van der Waals surface area contributed by atoms with Crippen LogP contribution in [0.4, 0.5) is 0 Å². The maximum absolute atomic E-state index is 12.6. The number of methoxy groups -OCH3 is 1. The van der Waals surface area contributed by atoms with Gasteiger partial charge in [0.25, 0.3) is 0 Å². The first-order valence-electron chi connectivity index (χ1n) is 7.85. The average Bonchev–Trinajstić information content (AvgIpc) is 2.45. The number of piperidine rings is 1. The zero-order valence-electron chi connectivity index (χ0n) is 14.6. The molecule has 1 heterocycles. The van der Waals surface area contributed by atoms with Crippen LogP contribution in [0.15, 0.2) is 0 Å². The summed E-state index contributed by atoms with van der Waals surface area (Å²) >= 11 is 0. The third-order valence-corrected chi connectivity index (χ3v) is 4.16. The van der Waals surface area contributed by atoms with Crippen LogP contribution in [-0.4, -0.2) is 60.6 Å². The van der Waals surface area contributed by atoms with Crippen LogP contribution < -0.4 is 5.32 Å². The van der Waals surface area contributed by atoms with Crippen molar-refractivity contribution in [3.63, 3.8) is 0 Å². The summed E-state index contributed by atoms with van der Waals surface area (Å²) in [5, 5.41) is 12.2. The van der Waals surface area contributed by atoms with Crippen molar-refractivity contribution in [2.75, 3.05) is 26.8 Å². The van der Waals surface area contributed by atoms with Gasteiger partial charge in [0.1, 0.15) is 11.5 Å². The van der Waals surface area contributed by atoms with Crippen molar-refractivity contribution in [2.24, 2.45) is 10.8 Å². The maximum atomic E-state index is 12.6. The van der Waals surface area contributed by atoms with Crippen molar-refractivity contribution in [3.8, 4) is 0 Å². The van der Waals surface area contributed by atoms with E-state index in [4.69, 9.17) is 4.74 Å². The lowest BCUT2D eigenvalue weighted by Crippen LogP contribution is -2.56. The minimum atomic E-state index is -1.07. The summed E-state index contributed by atoms with van der Waals surface area (Å²) < 4.78 is 5.06. The lowest BCUT2D eigenvalue weighted by atomic mass is 9.80. The molecule has 1 aliphatic rings. The molecule has 1 saturated heterocycles. The van der Waals surface area contributed by atoms with E-state index in [2.05, 4.69) is 5.32 Å². The molecule has 7 heteroatoms. The van der Waals surface area contributed by atoms with Gasteiger partial charge in [0.2, 0.25) is 11.8 Å². The van der Waals surface area contributed by atoms with Crippen LogP contribution in [0.1, 0.15) is 40.5 Å². The number of nitrogens with one attached hydrogen (secondary N) is 1. The first kappa shape index (κ1) is 19.4. The third kappa shape index (κ3) is 4.67. The highest BCUT2D eigenvalue weighted by atomic mass is 16.5. The summed E-state index contributed by atoms with van der Waals surface area (Å²) in [5.41, 5.74) is -1.66. The lowest BCUT2D eigenvalue weighted by molar-refractivity contribution is -0.159. The van der Waals surface area contributed by atoms with E-state index in [9.17, 15) is 19.5 Å². The summed E-state index contributed by atoms with van der Waals surface area (Å²) in [7, 11) is 1.46. The van der Waals surface area contributed by atoms with E-state index in [0.717, 1.165) is 0 Å². The van der Waals surface area contributed by atoms with Crippen LogP contribution in [0.2, 0.25) is 0 Å². The molecule has 0 radical (unpaired) electrons. The summed E-state index contributed by atoms with van der Waals surface area (Å²) in [6.07, 6.45) is 1.07. The number of carboxylic acid groups (broad SMARTS) is 1. The molecular formula is C16H28N2O5. The van der Waals surface area contributed by atoms with Crippen LogP contribution in [0, 0.1) is 10.8 Å². The SMILES string of the molecule is COCC1(C(=O)O)CCCN(C(=O)C(C)NC(=O)C(C)(C)C)C1. The lowest BCUT2D eigenvalue weighted by Gasteiger charge is -2.40. The zero-order chi connectivity index (χ0) is 17.8. The van der Waals surface area contributed by atoms with Crippen molar-refractivity contribution in [1.29, 1.82) is 0 Å². The number of hydrogen-bond acceptors (Lipinski definition) is 4. The fraction of sp³-hybridized carbons (Fsp3) is 0.812. The van der Waals surface area contributed by atoms with Gasteiger partial charge in [-0.05, 0) is 19.8 Å². The Morgan fingerprint density at radius 1 is 1.35 bits per heavy atom. The Kier molecular flexibility index (Phi) is 6.16. The number of carbonyl (C=O) groups excluding carboxylic acids is 2. The molecule has 1 fully saturated rings. The number of ether oxygens (including phenoxy) is 1. The van der Waals surface area contributed by atoms with Crippen LogP contribution in [-0.2, 0) is 19.1 Å². The van der Waals surface area contributed by atoms with E-state index in [-0.39, 0.29) is 25.0 Å². The van der Waals surface area contributed by atoms with Gasteiger partial charge in [0.05, 0.1) is 6.61 Å². The first-order valence-corrected chi connectivity index (χ1v) is 7.85. The number of likely N-dealkylation sites (tertiary alicyclic amines) is 1. The number of carboxylic acids is 1. The molecule has 0 bridgehead atoms. The molecule has 0 aromatic rings. The van der Waals surface area contributed by atoms with Crippen LogP contribution in [0.3, 0.4) is 0 Å². The Labute approximate surface area is 137 Å². The molecule has 2 N–H and O–H groups in total. The molecule has 23 heavy (non-hydrogen) atoms. The van der Waals surface area contributed by atoms with E-state index >= 15 is 0 Å². The highest BCUT2D eigenvalue weighted by molar-refractivity contribution is 5.89. The topological polar surface area (TPSA) is 95.9 Å². The Balaban J connectivity index is 2.79. The molecule has 0 aromatic carbocycles. The minimum absolute atomic E-state index is 0.0643. The molecule has 1 rings (SSSR count). The Morgan fingerprint density at radius 2 is 1.96 bits per heavy atom. The van der Waals surface area contributed by atoms with E-state index in [0.29, 0.717) is 19.4 Å². The molecule has 7 nitrogen and oxygen atoms in total. The second-order valence-corrected chi connectivity index (χ2v) is 7.33. The van der Waals surface area contributed by atoms with E-state index in [1.807, 2.05) is 0 Å². The number of nitrogens with zero attached hydrogens (tertiary/aromatic N) is 1. The van der Waals surface area contributed by atoms with Crippen LogP contribution in [0.25, 0.3) is 0 Å². The Bertz CT molecular complexity index is 468. The van der Waals surface area contributed by atoms with Gasteiger partial charge in [-0.3, -0.25) is 14.4 Å². The van der Waals surface area contributed by atoms with Gasteiger partial charge < -0.3 is 20.1 Å². The molecule has 0 aromatic heterocycles. The van der Waals surface area contributed by atoms with Gasteiger partial charge in [0, 0.05) is 25.6 Å². The highest BCUT2D eigenvalue weighted by Crippen LogP contribution is 2.31. The Hall–Kier alpha value is -1.63. The van der Waals surface area contributed by atoms with E-state index < -0.39 is 22.8 Å². The number of aliphatic carboxylic acids is 1. The fourth-order valence-electron chi connectivity index (χ4n) is 2.70. The standard InChI is InChI=1S/C16H28N2O5/c1-11(17-13(20)15(2,3)4)12(19)18-8-6-7-16(9-18,10-23-5)14(21)22/h11H,6-10H2,1-5H3,(H,17,20)(H,21,22).